The van der Waals surface area contributed by atoms with E-state index in [1.165, 1.54) is 48.5 Å². The molecule has 0 aliphatic rings. The number of sulfonamides is 1. The lowest BCUT2D eigenvalue weighted by molar-refractivity contribution is -0.118. The lowest BCUT2D eigenvalue weighted by Gasteiger charge is -2.16. The number of nitrogens with one attached hydrogen (secondary N) is 2. The Balaban J connectivity index is 1.61. The number of benzene rings is 3. The van der Waals surface area contributed by atoms with Gasteiger partial charge < -0.3 is 10.1 Å². The second kappa shape index (κ2) is 9.82. The molecule has 0 fully saturated rings. The van der Waals surface area contributed by atoms with Gasteiger partial charge in [-0.25, -0.2) is 12.8 Å². The lowest BCUT2D eigenvalue weighted by atomic mass is 9.98. The number of anilines is 2. The third-order valence-corrected chi connectivity index (χ3v) is 6.19. The molecule has 32 heavy (non-hydrogen) atoms. The Morgan fingerprint density at radius 2 is 1.66 bits per heavy atom. The average molecular weight is 457 g/mol. The maximum Gasteiger partial charge on any atom is 0.262 e. The molecule has 6 nitrogen and oxygen atoms in total. The van der Waals surface area contributed by atoms with E-state index in [0.29, 0.717) is 5.75 Å². The van der Waals surface area contributed by atoms with Crippen LogP contribution in [0.5, 0.6) is 5.75 Å². The summed E-state index contributed by atoms with van der Waals surface area (Å²) in [6.45, 7) is 5.83. The highest BCUT2D eigenvalue weighted by Gasteiger charge is 2.15. The molecule has 0 spiro atoms. The Morgan fingerprint density at radius 1 is 1.00 bits per heavy atom. The number of hydrogen-bond acceptors (Lipinski definition) is 4. The van der Waals surface area contributed by atoms with Gasteiger partial charge in [0.15, 0.2) is 6.61 Å². The smallest absolute Gasteiger partial charge is 0.262 e. The fourth-order valence-corrected chi connectivity index (χ4v) is 4.17. The molecule has 1 amide bonds. The van der Waals surface area contributed by atoms with Crippen LogP contribution < -0.4 is 14.8 Å². The summed E-state index contributed by atoms with van der Waals surface area (Å²) in [4.78, 5) is 12.4. The van der Waals surface area contributed by atoms with Gasteiger partial charge in [0.1, 0.15) is 11.6 Å². The third kappa shape index (κ3) is 5.85. The van der Waals surface area contributed by atoms with Gasteiger partial charge in [-0.3, -0.25) is 9.52 Å². The van der Waals surface area contributed by atoms with Crippen molar-refractivity contribution in [2.24, 2.45) is 0 Å². The standard InChI is InChI=1S/C24H25FN2O4S/c1-16(2)22-6-4-5-17(3)24(22)26-23(28)15-31-20-11-13-21(14-12-20)32(29,30)27-19-9-7-18(25)8-10-19/h4-14,16,27H,15H2,1-3H3,(H,26,28). The Bertz CT molecular complexity index is 1190. The van der Waals surface area contributed by atoms with Crippen molar-refractivity contribution in [2.75, 3.05) is 16.6 Å². The first-order valence-electron chi connectivity index (χ1n) is 10.1. The maximum absolute atomic E-state index is 13.0. The lowest BCUT2D eigenvalue weighted by Crippen LogP contribution is -2.21. The van der Waals surface area contributed by atoms with Crippen molar-refractivity contribution in [3.8, 4) is 5.75 Å². The van der Waals surface area contributed by atoms with Crippen LogP contribution in [0.3, 0.4) is 0 Å². The number of amides is 1. The van der Waals surface area contributed by atoms with E-state index in [1.54, 1.807) is 0 Å². The summed E-state index contributed by atoms with van der Waals surface area (Å²) in [7, 11) is -3.84. The van der Waals surface area contributed by atoms with Gasteiger partial charge in [0.05, 0.1) is 4.90 Å². The highest BCUT2D eigenvalue weighted by molar-refractivity contribution is 7.92. The monoisotopic (exact) mass is 456 g/mol. The fourth-order valence-electron chi connectivity index (χ4n) is 3.11. The van der Waals surface area contributed by atoms with Gasteiger partial charge in [-0.2, -0.15) is 0 Å². The number of ether oxygens (including phenoxy) is 1. The van der Waals surface area contributed by atoms with Crippen LogP contribution in [0.25, 0.3) is 0 Å². The first-order valence-corrected chi connectivity index (χ1v) is 11.5. The summed E-state index contributed by atoms with van der Waals surface area (Å²) in [5.41, 5.74) is 3.04. The van der Waals surface area contributed by atoms with Crippen molar-refractivity contribution in [1.29, 1.82) is 0 Å². The number of hydrogen-bond donors (Lipinski definition) is 2. The summed E-state index contributed by atoms with van der Waals surface area (Å²) in [5, 5.41) is 2.90. The minimum absolute atomic E-state index is 0.0140. The molecular weight excluding hydrogens is 431 g/mol. The van der Waals surface area contributed by atoms with Crippen molar-refractivity contribution in [3.63, 3.8) is 0 Å². The van der Waals surface area contributed by atoms with Crippen LogP contribution >= 0.6 is 0 Å². The van der Waals surface area contributed by atoms with Crippen LogP contribution in [0.4, 0.5) is 15.8 Å². The van der Waals surface area contributed by atoms with Gasteiger partial charge >= 0.3 is 0 Å². The van der Waals surface area contributed by atoms with Crippen LogP contribution in [-0.2, 0) is 14.8 Å². The number of rotatable bonds is 8. The quantitative estimate of drug-likeness (QED) is 0.495. The zero-order valence-electron chi connectivity index (χ0n) is 18.1. The van der Waals surface area contributed by atoms with E-state index >= 15 is 0 Å². The largest absolute Gasteiger partial charge is 0.484 e. The first-order chi connectivity index (χ1) is 15.2. The number of aryl methyl sites for hydroxylation is 1. The topological polar surface area (TPSA) is 84.5 Å². The molecule has 3 rings (SSSR count). The number of carbonyl (C=O) groups excluding carboxylic acids is 1. The van der Waals surface area contributed by atoms with Crippen LogP contribution in [0.1, 0.15) is 30.9 Å². The second-order valence-corrected chi connectivity index (χ2v) is 9.30. The molecule has 8 heteroatoms. The summed E-state index contributed by atoms with van der Waals surface area (Å²) in [5.74, 6) is -0.156. The molecule has 0 bridgehead atoms. The van der Waals surface area contributed by atoms with Gasteiger partial charge in [-0.15, -0.1) is 0 Å². The molecule has 0 atom stereocenters. The third-order valence-electron chi connectivity index (χ3n) is 4.79. The van der Waals surface area contributed by atoms with Crippen molar-refractivity contribution < 1.29 is 22.3 Å². The van der Waals surface area contributed by atoms with E-state index in [4.69, 9.17) is 4.74 Å². The molecule has 2 N–H and O–H groups in total. The predicted octanol–water partition coefficient (Wildman–Crippen LogP) is 5.08. The van der Waals surface area contributed by atoms with Gasteiger partial charge in [0.25, 0.3) is 15.9 Å². The Morgan fingerprint density at radius 3 is 2.28 bits per heavy atom. The van der Waals surface area contributed by atoms with Gasteiger partial charge in [0, 0.05) is 11.4 Å². The highest BCUT2D eigenvalue weighted by atomic mass is 32.2. The molecule has 0 aromatic heterocycles. The minimum Gasteiger partial charge on any atom is -0.484 e. The Hall–Kier alpha value is -3.39. The summed E-state index contributed by atoms with van der Waals surface area (Å²) >= 11 is 0. The predicted molar refractivity (Wildman–Crippen MR) is 123 cm³/mol. The van der Waals surface area contributed by atoms with Crippen LogP contribution in [-0.4, -0.2) is 20.9 Å². The van der Waals surface area contributed by atoms with Gasteiger partial charge in [0.2, 0.25) is 0 Å². The van der Waals surface area contributed by atoms with Crippen molar-refractivity contribution in [1.82, 2.24) is 0 Å². The van der Waals surface area contributed by atoms with E-state index in [0.717, 1.165) is 16.8 Å². The Labute approximate surface area is 187 Å². The van der Waals surface area contributed by atoms with E-state index < -0.39 is 15.8 Å². The SMILES string of the molecule is Cc1cccc(C(C)C)c1NC(=O)COc1ccc(S(=O)(=O)Nc2ccc(F)cc2)cc1. The molecular formula is C24H25FN2O4S. The number of halogens is 1. The van der Waals surface area contributed by atoms with E-state index in [-0.39, 0.29) is 29.0 Å². The summed E-state index contributed by atoms with van der Waals surface area (Å²) in [6, 6.07) is 16.6. The molecule has 0 radical (unpaired) electrons. The molecule has 3 aromatic rings. The Kier molecular flexibility index (Phi) is 7.15. The molecule has 3 aromatic carbocycles. The molecule has 0 aliphatic carbocycles. The van der Waals surface area contributed by atoms with Gasteiger partial charge in [-0.05, 0) is 72.5 Å². The zero-order chi connectivity index (χ0) is 23.3. The number of para-hydroxylation sites is 1. The zero-order valence-corrected chi connectivity index (χ0v) is 18.9. The summed E-state index contributed by atoms with van der Waals surface area (Å²) < 4.78 is 45.8. The first kappa shape index (κ1) is 23.3. The molecule has 0 unspecified atom stereocenters. The van der Waals surface area contributed by atoms with Crippen molar-refractivity contribution in [3.05, 3.63) is 83.7 Å². The molecule has 0 saturated heterocycles. The van der Waals surface area contributed by atoms with Crippen molar-refractivity contribution >= 4 is 27.3 Å². The minimum atomic E-state index is -3.84. The molecule has 0 saturated carbocycles. The van der Waals surface area contributed by atoms with E-state index in [2.05, 4.69) is 23.9 Å². The van der Waals surface area contributed by atoms with Crippen LogP contribution in [0.2, 0.25) is 0 Å². The van der Waals surface area contributed by atoms with Gasteiger partial charge in [-0.1, -0.05) is 32.0 Å². The van der Waals surface area contributed by atoms with E-state index in [9.17, 15) is 17.6 Å². The van der Waals surface area contributed by atoms with E-state index in [1.807, 2.05) is 25.1 Å². The average Bonchev–Trinajstić information content (AvgIpc) is 2.75. The van der Waals surface area contributed by atoms with Crippen molar-refractivity contribution in [2.45, 2.75) is 31.6 Å². The second-order valence-electron chi connectivity index (χ2n) is 7.61. The summed E-state index contributed by atoms with van der Waals surface area (Å²) in [6.07, 6.45) is 0. The molecule has 0 heterocycles. The molecule has 0 aliphatic heterocycles. The number of carbonyl (C=O) groups is 1. The maximum atomic E-state index is 13.0. The molecule has 168 valence electrons. The fraction of sp³-hybridized carbons (Fsp3) is 0.208. The van der Waals surface area contributed by atoms with Crippen LogP contribution in [0, 0.1) is 12.7 Å². The highest BCUT2D eigenvalue weighted by Crippen LogP contribution is 2.27. The van der Waals surface area contributed by atoms with Crippen LogP contribution in [0.15, 0.2) is 71.6 Å². The normalized spacial score (nSPS) is 11.3.